The summed E-state index contributed by atoms with van der Waals surface area (Å²) in [5, 5.41) is 23.0. The van der Waals surface area contributed by atoms with Gasteiger partial charge in [-0.2, -0.15) is 0 Å². The lowest BCUT2D eigenvalue weighted by molar-refractivity contribution is -0.394. The number of nitro groups is 2. The average Bonchev–Trinajstić information content (AvgIpc) is 2.50. The zero-order chi connectivity index (χ0) is 19.5. The smallest absolute Gasteiger partial charge is 0.284 e. The molecule has 0 aliphatic carbocycles. The minimum atomic E-state index is -3.38. The maximum absolute atomic E-state index is 13.3. The molecular weight excluding hydrogens is 349 g/mol. The van der Waals surface area contributed by atoms with Crippen molar-refractivity contribution in [3.8, 4) is 0 Å². The first-order valence-corrected chi connectivity index (χ1v) is 8.81. The standard InChI is InChI=1S/C14H22N5O5P/c1-15(2)8-7-12-13(18(20)21)9-11(10-14(12)19(22)23)25(24,16(3)4)17(5)6/h7-10H,1-6H3/b8-7+. The van der Waals surface area contributed by atoms with Crippen LogP contribution in [0.5, 0.6) is 0 Å². The van der Waals surface area contributed by atoms with Crippen molar-refractivity contribution in [2.24, 2.45) is 0 Å². The number of rotatable bonds is 7. The Labute approximate surface area is 146 Å². The van der Waals surface area contributed by atoms with Crippen LogP contribution in [0.25, 0.3) is 6.08 Å². The van der Waals surface area contributed by atoms with Gasteiger partial charge in [-0.15, -0.1) is 0 Å². The summed E-state index contributed by atoms with van der Waals surface area (Å²) in [4.78, 5) is 23.1. The lowest BCUT2D eigenvalue weighted by Crippen LogP contribution is -2.29. The van der Waals surface area contributed by atoms with E-state index in [1.165, 1.54) is 21.6 Å². The van der Waals surface area contributed by atoms with Crippen LogP contribution in [0.2, 0.25) is 0 Å². The summed E-state index contributed by atoms with van der Waals surface area (Å²) >= 11 is 0. The van der Waals surface area contributed by atoms with Crippen molar-refractivity contribution >= 4 is 30.2 Å². The van der Waals surface area contributed by atoms with Gasteiger partial charge in [0.15, 0.2) is 0 Å². The molecule has 0 bridgehead atoms. The largest absolute Gasteiger partial charge is 0.383 e. The molecule has 10 nitrogen and oxygen atoms in total. The molecule has 0 aliphatic heterocycles. The molecule has 0 saturated carbocycles. The summed E-state index contributed by atoms with van der Waals surface area (Å²) in [6, 6.07) is 2.28. The molecule has 0 unspecified atom stereocenters. The second-order valence-corrected chi connectivity index (χ2v) is 9.13. The monoisotopic (exact) mass is 371 g/mol. The second kappa shape index (κ2) is 7.73. The van der Waals surface area contributed by atoms with Gasteiger partial charge in [-0.05, 0) is 40.5 Å². The van der Waals surface area contributed by atoms with Gasteiger partial charge in [0.2, 0.25) is 7.44 Å². The molecule has 0 saturated heterocycles. The number of nitrogens with zero attached hydrogens (tertiary/aromatic N) is 5. The molecule has 0 amide bonds. The van der Waals surface area contributed by atoms with Crippen LogP contribution in [-0.4, -0.2) is 66.4 Å². The van der Waals surface area contributed by atoms with E-state index in [0.29, 0.717) is 0 Å². The minimum Gasteiger partial charge on any atom is -0.383 e. The van der Waals surface area contributed by atoms with E-state index in [-0.39, 0.29) is 10.9 Å². The number of hydrogen-bond donors (Lipinski definition) is 0. The van der Waals surface area contributed by atoms with Gasteiger partial charge in [0.1, 0.15) is 5.56 Å². The molecule has 11 heteroatoms. The molecule has 0 radical (unpaired) electrons. The molecule has 1 rings (SSSR count). The van der Waals surface area contributed by atoms with E-state index in [2.05, 4.69) is 0 Å². The molecule has 1 aromatic carbocycles. The molecule has 25 heavy (non-hydrogen) atoms. The average molecular weight is 371 g/mol. The maximum Gasteiger partial charge on any atom is 0.284 e. The van der Waals surface area contributed by atoms with Crippen LogP contribution in [0.4, 0.5) is 11.4 Å². The Hall–Kier alpha value is -2.29. The van der Waals surface area contributed by atoms with Crippen LogP contribution in [0.15, 0.2) is 18.3 Å². The fraction of sp³-hybridized carbons (Fsp3) is 0.429. The molecule has 0 aromatic heterocycles. The molecule has 0 spiro atoms. The molecule has 0 N–H and O–H groups in total. The summed E-state index contributed by atoms with van der Waals surface area (Å²) in [7, 11) is 6.21. The van der Waals surface area contributed by atoms with Crippen LogP contribution >= 0.6 is 7.44 Å². The van der Waals surface area contributed by atoms with E-state index < -0.39 is 28.7 Å². The highest BCUT2D eigenvalue weighted by atomic mass is 31.2. The van der Waals surface area contributed by atoms with Crippen LogP contribution in [-0.2, 0) is 4.57 Å². The molecule has 0 fully saturated rings. The van der Waals surface area contributed by atoms with Crippen molar-refractivity contribution in [3.05, 3.63) is 44.1 Å². The van der Waals surface area contributed by atoms with Gasteiger partial charge in [0, 0.05) is 26.2 Å². The summed E-state index contributed by atoms with van der Waals surface area (Å²) in [5.74, 6) is 0. The first kappa shape index (κ1) is 20.8. The number of benzene rings is 1. The third kappa shape index (κ3) is 4.22. The van der Waals surface area contributed by atoms with Gasteiger partial charge in [-0.3, -0.25) is 24.8 Å². The van der Waals surface area contributed by atoms with Crippen molar-refractivity contribution in [2.75, 3.05) is 42.3 Å². The van der Waals surface area contributed by atoms with E-state index >= 15 is 0 Å². The van der Waals surface area contributed by atoms with Gasteiger partial charge in [0.05, 0.1) is 15.2 Å². The Bertz CT molecular complexity index is 713. The highest BCUT2D eigenvalue weighted by Gasteiger charge is 2.36. The summed E-state index contributed by atoms with van der Waals surface area (Å²) in [6.45, 7) is 0. The fourth-order valence-electron chi connectivity index (χ4n) is 2.29. The Morgan fingerprint density at radius 2 is 1.32 bits per heavy atom. The van der Waals surface area contributed by atoms with Crippen molar-refractivity contribution in [1.29, 1.82) is 0 Å². The van der Waals surface area contributed by atoms with Gasteiger partial charge >= 0.3 is 0 Å². The second-order valence-electron chi connectivity index (χ2n) is 5.93. The minimum absolute atomic E-state index is 0.0305. The SMILES string of the molecule is CN(C)/C=C/c1c([N+](=O)[O-])cc(P(=O)(N(C)C)N(C)C)cc1[N+](=O)[O-]. The zero-order valence-electron chi connectivity index (χ0n) is 15.0. The van der Waals surface area contributed by atoms with Crippen molar-refractivity contribution < 1.29 is 14.4 Å². The summed E-state index contributed by atoms with van der Waals surface area (Å²) in [6.07, 6.45) is 2.78. The van der Waals surface area contributed by atoms with E-state index in [9.17, 15) is 24.8 Å². The normalized spacial score (nSPS) is 12.2. The maximum atomic E-state index is 13.3. The van der Waals surface area contributed by atoms with E-state index in [1.54, 1.807) is 47.2 Å². The Balaban J connectivity index is 3.86. The molecule has 0 heterocycles. The number of nitro benzene ring substituents is 2. The van der Waals surface area contributed by atoms with Crippen molar-refractivity contribution in [2.45, 2.75) is 0 Å². The van der Waals surface area contributed by atoms with Gasteiger partial charge < -0.3 is 4.90 Å². The van der Waals surface area contributed by atoms with Crippen LogP contribution in [0, 0.1) is 20.2 Å². The van der Waals surface area contributed by atoms with E-state index in [0.717, 1.165) is 12.1 Å². The van der Waals surface area contributed by atoms with Gasteiger partial charge in [-0.25, -0.2) is 9.34 Å². The Morgan fingerprint density at radius 3 is 1.60 bits per heavy atom. The quantitative estimate of drug-likeness (QED) is 0.406. The van der Waals surface area contributed by atoms with E-state index in [4.69, 9.17) is 0 Å². The van der Waals surface area contributed by atoms with Crippen LogP contribution in [0.3, 0.4) is 0 Å². The summed E-state index contributed by atoms with van der Waals surface area (Å²) in [5.41, 5.74) is -1.08. The highest BCUT2D eigenvalue weighted by molar-refractivity contribution is 7.67. The molecule has 138 valence electrons. The highest BCUT2D eigenvalue weighted by Crippen LogP contribution is 2.49. The Kier molecular flexibility index (Phi) is 6.42. The summed E-state index contributed by atoms with van der Waals surface area (Å²) < 4.78 is 16.1. The third-order valence-corrected chi connectivity index (χ3v) is 6.57. The van der Waals surface area contributed by atoms with Crippen LogP contribution < -0.4 is 5.30 Å². The van der Waals surface area contributed by atoms with Crippen molar-refractivity contribution in [1.82, 2.24) is 14.2 Å². The third-order valence-electron chi connectivity index (χ3n) is 3.47. The first-order valence-electron chi connectivity index (χ1n) is 7.20. The lowest BCUT2D eigenvalue weighted by atomic mass is 10.1. The number of hydrogen-bond acceptors (Lipinski definition) is 6. The molecular formula is C14H22N5O5P. The van der Waals surface area contributed by atoms with Crippen molar-refractivity contribution in [3.63, 3.8) is 0 Å². The zero-order valence-corrected chi connectivity index (χ0v) is 15.9. The van der Waals surface area contributed by atoms with Crippen LogP contribution in [0.1, 0.15) is 5.56 Å². The fourth-order valence-corrected chi connectivity index (χ4v) is 4.51. The predicted molar refractivity (Wildman–Crippen MR) is 97.1 cm³/mol. The molecule has 0 atom stereocenters. The molecule has 0 aliphatic rings. The molecule has 1 aromatic rings. The Morgan fingerprint density at radius 1 is 0.920 bits per heavy atom. The lowest BCUT2D eigenvalue weighted by Gasteiger charge is -2.30. The van der Waals surface area contributed by atoms with Gasteiger partial charge in [0.25, 0.3) is 11.4 Å². The first-order chi connectivity index (χ1) is 11.4. The topological polar surface area (TPSA) is 113 Å². The predicted octanol–water partition coefficient (Wildman–Crippen LogP) is 1.98. The van der Waals surface area contributed by atoms with E-state index in [1.807, 2.05) is 0 Å². The van der Waals surface area contributed by atoms with Gasteiger partial charge in [-0.1, -0.05) is 0 Å².